The average molecular weight is 491 g/mol. The van der Waals surface area contributed by atoms with Crippen molar-refractivity contribution in [2.24, 2.45) is 5.10 Å². The van der Waals surface area contributed by atoms with Crippen LogP contribution >= 0.6 is 23.2 Å². The first-order valence-electron chi connectivity index (χ1n) is 10.4. The van der Waals surface area contributed by atoms with Crippen molar-refractivity contribution in [1.82, 2.24) is 5.43 Å². The highest BCUT2D eigenvalue weighted by Gasteiger charge is 2.06. The van der Waals surface area contributed by atoms with Crippen molar-refractivity contribution in [3.63, 3.8) is 0 Å². The fourth-order valence-corrected chi connectivity index (χ4v) is 3.34. The molecule has 0 spiro atoms. The summed E-state index contributed by atoms with van der Waals surface area (Å²) in [6, 6.07) is 29.0. The van der Waals surface area contributed by atoms with E-state index in [2.05, 4.69) is 10.5 Å². The van der Waals surface area contributed by atoms with E-state index in [-0.39, 0.29) is 5.91 Å². The molecule has 7 heteroatoms. The fourth-order valence-electron chi connectivity index (χ4n) is 3.02. The number of amides is 1. The molecular weight excluding hydrogens is 471 g/mol. The van der Waals surface area contributed by atoms with Crippen molar-refractivity contribution in [3.05, 3.63) is 124 Å². The zero-order valence-electron chi connectivity index (χ0n) is 17.9. The summed E-state index contributed by atoms with van der Waals surface area (Å²) in [6.45, 7) is 0.331. The SMILES string of the molecule is O=C(N/N=C\c1ccccc1Oc1ccccc1)c1ccc(OCc2ccc(Cl)c(Cl)c2)cc1. The number of hydrogen-bond donors (Lipinski definition) is 1. The second kappa shape index (κ2) is 11.4. The monoisotopic (exact) mass is 490 g/mol. The molecule has 1 amide bonds. The highest BCUT2D eigenvalue weighted by atomic mass is 35.5. The van der Waals surface area contributed by atoms with E-state index in [0.717, 1.165) is 11.1 Å². The van der Waals surface area contributed by atoms with Gasteiger partial charge in [0.05, 0.1) is 16.3 Å². The highest BCUT2D eigenvalue weighted by molar-refractivity contribution is 6.42. The first-order chi connectivity index (χ1) is 16.6. The maximum Gasteiger partial charge on any atom is 0.271 e. The van der Waals surface area contributed by atoms with Crippen LogP contribution in [0.1, 0.15) is 21.5 Å². The molecule has 5 nitrogen and oxygen atoms in total. The van der Waals surface area contributed by atoms with Gasteiger partial charge in [0.25, 0.3) is 5.91 Å². The molecule has 0 saturated carbocycles. The molecule has 0 fully saturated rings. The molecule has 34 heavy (non-hydrogen) atoms. The van der Waals surface area contributed by atoms with Crippen molar-refractivity contribution in [3.8, 4) is 17.2 Å². The van der Waals surface area contributed by atoms with Crippen LogP contribution in [-0.4, -0.2) is 12.1 Å². The van der Waals surface area contributed by atoms with Gasteiger partial charge in [0.1, 0.15) is 23.9 Å². The van der Waals surface area contributed by atoms with Crippen molar-refractivity contribution >= 4 is 35.3 Å². The van der Waals surface area contributed by atoms with Crippen molar-refractivity contribution in [1.29, 1.82) is 0 Å². The van der Waals surface area contributed by atoms with Gasteiger partial charge in [0, 0.05) is 11.1 Å². The highest BCUT2D eigenvalue weighted by Crippen LogP contribution is 2.25. The minimum atomic E-state index is -0.339. The number of carbonyl (C=O) groups excluding carboxylic acids is 1. The molecule has 0 radical (unpaired) electrons. The molecule has 4 aromatic carbocycles. The second-order valence-corrected chi connectivity index (χ2v) is 8.03. The zero-order chi connectivity index (χ0) is 23.8. The fraction of sp³-hybridized carbons (Fsp3) is 0.0370. The summed E-state index contributed by atoms with van der Waals surface area (Å²) in [7, 11) is 0. The summed E-state index contributed by atoms with van der Waals surface area (Å²) in [5.74, 6) is 1.64. The molecule has 0 bridgehead atoms. The summed E-state index contributed by atoms with van der Waals surface area (Å²) < 4.78 is 11.6. The maximum atomic E-state index is 12.4. The Labute approximate surface area is 207 Å². The van der Waals surface area contributed by atoms with Crippen LogP contribution in [0.2, 0.25) is 10.0 Å². The number of benzene rings is 4. The Kier molecular flexibility index (Phi) is 7.81. The molecule has 170 valence electrons. The predicted octanol–water partition coefficient (Wildman–Crippen LogP) is 7.13. The molecule has 1 N–H and O–H groups in total. The lowest BCUT2D eigenvalue weighted by Gasteiger charge is -2.08. The van der Waals surface area contributed by atoms with E-state index in [1.54, 1.807) is 42.6 Å². The van der Waals surface area contributed by atoms with Gasteiger partial charge in [-0.05, 0) is 66.2 Å². The summed E-state index contributed by atoms with van der Waals surface area (Å²) in [4.78, 5) is 12.4. The van der Waals surface area contributed by atoms with E-state index in [1.807, 2.05) is 60.7 Å². The average Bonchev–Trinajstić information content (AvgIpc) is 2.86. The van der Waals surface area contributed by atoms with Gasteiger partial charge >= 0.3 is 0 Å². The number of para-hydroxylation sites is 2. The van der Waals surface area contributed by atoms with Gasteiger partial charge in [-0.15, -0.1) is 0 Å². The van der Waals surface area contributed by atoms with Crippen LogP contribution in [0.15, 0.2) is 102 Å². The van der Waals surface area contributed by atoms with Crippen molar-refractivity contribution < 1.29 is 14.3 Å². The Morgan fingerprint density at radius 1 is 0.824 bits per heavy atom. The molecular formula is C27H20Cl2N2O3. The Hall–Kier alpha value is -3.80. The Morgan fingerprint density at radius 2 is 1.56 bits per heavy atom. The third kappa shape index (κ3) is 6.38. The smallest absolute Gasteiger partial charge is 0.271 e. The number of nitrogens with one attached hydrogen (secondary N) is 1. The van der Waals surface area contributed by atoms with Crippen LogP contribution in [-0.2, 0) is 6.61 Å². The van der Waals surface area contributed by atoms with Crippen molar-refractivity contribution in [2.75, 3.05) is 0 Å². The van der Waals surface area contributed by atoms with Gasteiger partial charge in [0.15, 0.2) is 0 Å². The van der Waals surface area contributed by atoms with E-state index in [9.17, 15) is 4.79 Å². The van der Waals surface area contributed by atoms with Crippen LogP contribution in [0.4, 0.5) is 0 Å². The Balaban J connectivity index is 1.33. The van der Waals surface area contributed by atoms with Gasteiger partial charge in [0.2, 0.25) is 0 Å². The van der Waals surface area contributed by atoms with Crippen LogP contribution in [0.3, 0.4) is 0 Å². The van der Waals surface area contributed by atoms with Crippen LogP contribution in [0.5, 0.6) is 17.2 Å². The molecule has 0 unspecified atom stereocenters. The Morgan fingerprint density at radius 3 is 2.32 bits per heavy atom. The molecule has 0 saturated heterocycles. The topological polar surface area (TPSA) is 59.9 Å². The van der Waals surface area contributed by atoms with Gasteiger partial charge in [-0.25, -0.2) is 5.43 Å². The summed E-state index contributed by atoms with van der Waals surface area (Å²) >= 11 is 12.0. The third-order valence-electron chi connectivity index (χ3n) is 4.77. The van der Waals surface area contributed by atoms with Gasteiger partial charge < -0.3 is 9.47 Å². The van der Waals surface area contributed by atoms with Gasteiger partial charge in [-0.1, -0.05) is 59.6 Å². The van der Waals surface area contributed by atoms with E-state index < -0.39 is 0 Å². The van der Waals surface area contributed by atoms with E-state index >= 15 is 0 Å². The molecule has 0 aromatic heterocycles. The van der Waals surface area contributed by atoms with Crippen LogP contribution < -0.4 is 14.9 Å². The second-order valence-electron chi connectivity index (χ2n) is 7.21. The molecule has 0 aliphatic rings. The number of hydrogen-bond acceptors (Lipinski definition) is 4. The first-order valence-corrected chi connectivity index (χ1v) is 11.2. The Bertz CT molecular complexity index is 1290. The number of hydrazone groups is 1. The third-order valence-corrected chi connectivity index (χ3v) is 5.50. The summed E-state index contributed by atoms with van der Waals surface area (Å²) in [5, 5.41) is 5.05. The number of nitrogens with zero attached hydrogens (tertiary/aromatic N) is 1. The van der Waals surface area contributed by atoms with E-state index in [0.29, 0.717) is 39.5 Å². The number of carbonyl (C=O) groups is 1. The number of halogens is 2. The number of rotatable bonds is 8. The maximum absolute atomic E-state index is 12.4. The molecule has 0 atom stereocenters. The lowest BCUT2D eigenvalue weighted by atomic mass is 10.2. The van der Waals surface area contributed by atoms with E-state index in [1.165, 1.54) is 0 Å². The molecule has 4 aromatic rings. The normalized spacial score (nSPS) is 10.8. The summed E-state index contributed by atoms with van der Waals surface area (Å²) in [5.41, 5.74) is 4.61. The molecule has 0 aliphatic heterocycles. The molecule has 4 rings (SSSR count). The molecule has 0 heterocycles. The quantitative estimate of drug-likeness (QED) is 0.211. The van der Waals surface area contributed by atoms with E-state index in [4.69, 9.17) is 32.7 Å². The van der Waals surface area contributed by atoms with Crippen LogP contribution in [0, 0.1) is 0 Å². The predicted molar refractivity (Wildman–Crippen MR) is 135 cm³/mol. The van der Waals surface area contributed by atoms with Gasteiger partial charge in [-0.3, -0.25) is 4.79 Å². The lowest BCUT2D eigenvalue weighted by Crippen LogP contribution is -2.17. The van der Waals surface area contributed by atoms with Gasteiger partial charge in [-0.2, -0.15) is 5.10 Å². The first kappa shape index (κ1) is 23.4. The standard InChI is InChI=1S/C27H20Cl2N2O3/c28-24-15-10-19(16-25(24)29)18-33-22-13-11-20(12-14-22)27(32)31-30-17-21-6-4-5-9-26(21)34-23-7-2-1-3-8-23/h1-17H,18H2,(H,31,32)/b30-17-. The summed E-state index contributed by atoms with van der Waals surface area (Å²) in [6.07, 6.45) is 1.55. The minimum absolute atomic E-state index is 0.331. The molecule has 0 aliphatic carbocycles. The number of ether oxygens (including phenoxy) is 2. The lowest BCUT2D eigenvalue weighted by molar-refractivity contribution is 0.0955. The van der Waals surface area contributed by atoms with Crippen molar-refractivity contribution in [2.45, 2.75) is 6.61 Å². The van der Waals surface area contributed by atoms with Crippen LogP contribution in [0.25, 0.3) is 0 Å². The zero-order valence-corrected chi connectivity index (χ0v) is 19.5. The largest absolute Gasteiger partial charge is 0.489 e. The minimum Gasteiger partial charge on any atom is -0.489 e.